The normalized spacial score (nSPS) is 10.9. The van der Waals surface area contributed by atoms with Gasteiger partial charge in [0.05, 0.1) is 5.52 Å². The molecule has 3 nitrogen and oxygen atoms in total. The summed E-state index contributed by atoms with van der Waals surface area (Å²) < 4.78 is 24.9. The molecule has 0 saturated carbocycles. The van der Waals surface area contributed by atoms with Crippen molar-refractivity contribution in [3.63, 3.8) is 0 Å². The van der Waals surface area contributed by atoms with Gasteiger partial charge in [-0.3, -0.25) is 0 Å². The van der Waals surface area contributed by atoms with E-state index in [1.54, 1.807) is 25.2 Å². The summed E-state index contributed by atoms with van der Waals surface area (Å²) in [6.45, 7) is 0. The van der Waals surface area contributed by atoms with Gasteiger partial charge in [0.25, 0.3) is 6.43 Å². The van der Waals surface area contributed by atoms with Crippen LogP contribution < -0.4 is 5.32 Å². The van der Waals surface area contributed by atoms with E-state index in [4.69, 9.17) is 0 Å². The number of nitrogens with zero attached hydrogens (tertiary/aromatic N) is 2. The maximum atomic E-state index is 12.5. The largest absolute Gasteiger partial charge is 0.373 e. The van der Waals surface area contributed by atoms with Crippen molar-refractivity contribution >= 4 is 16.7 Å². The lowest BCUT2D eigenvalue weighted by Gasteiger charge is -2.06. The molecule has 0 aliphatic carbocycles. The zero-order valence-electron chi connectivity index (χ0n) is 8.04. The highest BCUT2D eigenvalue weighted by molar-refractivity contribution is 5.88. The lowest BCUT2D eigenvalue weighted by Crippen LogP contribution is -2.01. The Morgan fingerprint density at radius 2 is 1.93 bits per heavy atom. The molecule has 0 radical (unpaired) electrons. The van der Waals surface area contributed by atoms with Crippen molar-refractivity contribution in [2.75, 3.05) is 12.4 Å². The first-order chi connectivity index (χ1) is 7.22. The van der Waals surface area contributed by atoms with Gasteiger partial charge < -0.3 is 5.32 Å². The highest BCUT2D eigenvalue weighted by Crippen LogP contribution is 2.23. The molecule has 0 saturated heterocycles. The number of alkyl halides is 2. The first kappa shape index (κ1) is 9.76. The van der Waals surface area contributed by atoms with Crippen molar-refractivity contribution in [2.45, 2.75) is 6.43 Å². The predicted molar refractivity (Wildman–Crippen MR) is 54.0 cm³/mol. The van der Waals surface area contributed by atoms with E-state index in [1.807, 2.05) is 6.07 Å². The summed E-state index contributed by atoms with van der Waals surface area (Å²) in [4.78, 5) is 7.53. The van der Waals surface area contributed by atoms with Gasteiger partial charge in [0.15, 0.2) is 5.82 Å². The fraction of sp³-hybridized carbons (Fsp3) is 0.200. The summed E-state index contributed by atoms with van der Waals surface area (Å²) in [5.74, 6) is -0.0195. The molecular formula is C10H9F2N3. The van der Waals surface area contributed by atoms with Crippen LogP contribution in [0.4, 0.5) is 14.6 Å². The van der Waals surface area contributed by atoms with Crippen LogP contribution in [0, 0.1) is 0 Å². The second-order valence-electron chi connectivity index (χ2n) is 3.00. The van der Waals surface area contributed by atoms with Crippen LogP contribution in [0.15, 0.2) is 24.3 Å². The number of hydrogen-bond donors (Lipinski definition) is 1. The SMILES string of the molecule is CNc1nc(C(F)F)nc2ccccc12. The Bertz CT molecular complexity index is 485. The monoisotopic (exact) mass is 209 g/mol. The third kappa shape index (κ3) is 1.72. The number of benzene rings is 1. The van der Waals surface area contributed by atoms with E-state index in [0.717, 1.165) is 5.39 Å². The molecule has 0 bridgehead atoms. The molecule has 0 fully saturated rings. The van der Waals surface area contributed by atoms with E-state index in [9.17, 15) is 8.78 Å². The zero-order valence-corrected chi connectivity index (χ0v) is 8.04. The van der Waals surface area contributed by atoms with Crippen molar-refractivity contribution in [3.8, 4) is 0 Å². The fourth-order valence-corrected chi connectivity index (χ4v) is 1.38. The molecule has 0 spiro atoms. The van der Waals surface area contributed by atoms with Gasteiger partial charge in [-0.1, -0.05) is 12.1 Å². The maximum absolute atomic E-state index is 12.5. The molecule has 0 aliphatic rings. The number of para-hydroxylation sites is 1. The van der Waals surface area contributed by atoms with Gasteiger partial charge in [0.2, 0.25) is 0 Å². The molecule has 1 aromatic heterocycles. The van der Waals surface area contributed by atoms with Crippen molar-refractivity contribution in [3.05, 3.63) is 30.1 Å². The Kier molecular flexibility index (Phi) is 2.45. The van der Waals surface area contributed by atoms with Crippen LogP contribution >= 0.6 is 0 Å². The molecule has 2 rings (SSSR count). The van der Waals surface area contributed by atoms with Crippen molar-refractivity contribution in [1.29, 1.82) is 0 Å². The van der Waals surface area contributed by atoms with Gasteiger partial charge in [0.1, 0.15) is 5.82 Å². The van der Waals surface area contributed by atoms with Gasteiger partial charge in [-0.2, -0.15) is 0 Å². The Hall–Kier alpha value is -1.78. The summed E-state index contributed by atoms with van der Waals surface area (Å²) in [7, 11) is 1.64. The molecule has 2 aromatic rings. The zero-order chi connectivity index (χ0) is 10.8. The van der Waals surface area contributed by atoms with Gasteiger partial charge in [-0.05, 0) is 12.1 Å². The predicted octanol–water partition coefficient (Wildman–Crippen LogP) is 2.61. The standard InChI is InChI=1S/C10H9F2N3/c1-13-9-6-4-2-3-5-7(6)14-10(15-9)8(11)12/h2-5,8H,1H3,(H,13,14,15). The lowest BCUT2D eigenvalue weighted by atomic mass is 10.2. The van der Waals surface area contributed by atoms with E-state index < -0.39 is 12.2 Å². The second kappa shape index (κ2) is 3.76. The summed E-state index contributed by atoms with van der Waals surface area (Å²) in [6.07, 6.45) is -2.65. The molecule has 5 heteroatoms. The molecule has 0 unspecified atom stereocenters. The van der Waals surface area contributed by atoms with Crippen molar-refractivity contribution in [2.24, 2.45) is 0 Å². The Balaban J connectivity index is 2.71. The van der Waals surface area contributed by atoms with Crippen LogP contribution in [-0.2, 0) is 0 Å². The fourth-order valence-electron chi connectivity index (χ4n) is 1.38. The highest BCUT2D eigenvalue weighted by Gasteiger charge is 2.13. The van der Waals surface area contributed by atoms with E-state index >= 15 is 0 Å². The third-order valence-corrected chi connectivity index (χ3v) is 2.05. The number of nitrogens with one attached hydrogen (secondary N) is 1. The van der Waals surface area contributed by atoms with Gasteiger partial charge in [-0.25, -0.2) is 18.7 Å². The van der Waals surface area contributed by atoms with Gasteiger partial charge >= 0.3 is 0 Å². The maximum Gasteiger partial charge on any atom is 0.297 e. The minimum absolute atomic E-state index is 0.427. The van der Waals surface area contributed by atoms with Crippen molar-refractivity contribution < 1.29 is 8.78 Å². The molecule has 1 N–H and O–H groups in total. The second-order valence-corrected chi connectivity index (χ2v) is 3.00. The average Bonchev–Trinajstić information content (AvgIpc) is 2.27. The van der Waals surface area contributed by atoms with Gasteiger partial charge in [0, 0.05) is 12.4 Å². The summed E-state index contributed by atoms with van der Waals surface area (Å²) in [5, 5.41) is 3.52. The van der Waals surface area contributed by atoms with E-state index in [-0.39, 0.29) is 0 Å². The first-order valence-electron chi connectivity index (χ1n) is 4.45. The van der Waals surface area contributed by atoms with Crippen LogP contribution in [0.2, 0.25) is 0 Å². The van der Waals surface area contributed by atoms with Crippen LogP contribution in [0.1, 0.15) is 12.2 Å². The molecule has 1 heterocycles. The highest BCUT2D eigenvalue weighted by atomic mass is 19.3. The van der Waals surface area contributed by atoms with E-state index in [0.29, 0.717) is 11.3 Å². The smallest absolute Gasteiger partial charge is 0.297 e. The van der Waals surface area contributed by atoms with Crippen molar-refractivity contribution in [1.82, 2.24) is 9.97 Å². The molecule has 1 aromatic carbocycles. The molecule has 0 amide bonds. The number of rotatable bonds is 2. The Morgan fingerprint density at radius 1 is 1.20 bits per heavy atom. The van der Waals surface area contributed by atoms with Crippen LogP contribution in [-0.4, -0.2) is 17.0 Å². The first-order valence-corrected chi connectivity index (χ1v) is 4.45. The topological polar surface area (TPSA) is 37.8 Å². The van der Waals surface area contributed by atoms with E-state index in [2.05, 4.69) is 15.3 Å². The average molecular weight is 209 g/mol. The van der Waals surface area contributed by atoms with Crippen LogP contribution in [0.3, 0.4) is 0 Å². The molecule has 0 atom stereocenters. The minimum atomic E-state index is -2.65. The molecule has 0 aliphatic heterocycles. The number of hydrogen-bond acceptors (Lipinski definition) is 3. The number of anilines is 1. The summed E-state index contributed by atoms with van der Waals surface area (Å²) >= 11 is 0. The quantitative estimate of drug-likeness (QED) is 0.826. The lowest BCUT2D eigenvalue weighted by molar-refractivity contribution is 0.141. The van der Waals surface area contributed by atoms with E-state index in [1.165, 1.54) is 0 Å². The number of aromatic nitrogens is 2. The molecular weight excluding hydrogens is 200 g/mol. The third-order valence-electron chi connectivity index (χ3n) is 2.05. The Morgan fingerprint density at radius 3 is 2.60 bits per heavy atom. The summed E-state index contributed by atoms with van der Waals surface area (Å²) in [5.41, 5.74) is 0.521. The minimum Gasteiger partial charge on any atom is -0.373 e. The van der Waals surface area contributed by atoms with Crippen LogP contribution in [0.25, 0.3) is 10.9 Å². The molecule has 78 valence electrons. The number of fused-ring (bicyclic) bond motifs is 1. The van der Waals surface area contributed by atoms with Gasteiger partial charge in [-0.15, -0.1) is 0 Å². The molecule has 15 heavy (non-hydrogen) atoms. The Labute approximate surface area is 85.2 Å². The van der Waals surface area contributed by atoms with Crippen LogP contribution in [0.5, 0.6) is 0 Å². The summed E-state index contributed by atoms with van der Waals surface area (Å²) in [6, 6.07) is 7.04. The number of halogens is 2.